The highest BCUT2D eigenvalue weighted by molar-refractivity contribution is 6.29. The lowest BCUT2D eigenvalue weighted by Gasteiger charge is -2.25. The van der Waals surface area contributed by atoms with E-state index in [2.05, 4.69) is 148 Å². The molecule has 12 aromatic rings. The summed E-state index contributed by atoms with van der Waals surface area (Å²) in [4.78, 5) is 4.24. The molecule has 0 fully saturated rings. The van der Waals surface area contributed by atoms with Gasteiger partial charge in [-0.3, -0.25) is 9.80 Å². The Morgan fingerprint density at radius 1 is 0.333 bits per heavy atom. The molecule has 12 rings (SSSR count). The van der Waals surface area contributed by atoms with Gasteiger partial charge < -0.3 is 17.7 Å². The monoisotopic (exact) mass is 860 g/mol. The number of fused-ring (bicyclic) bond motifs is 2. The van der Waals surface area contributed by atoms with Crippen molar-refractivity contribution >= 4 is 89.2 Å². The van der Waals surface area contributed by atoms with Crippen molar-refractivity contribution in [1.29, 1.82) is 0 Å². The van der Waals surface area contributed by atoms with E-state index in [-0.39, 0.29) is 10.8 Å². The molecule has 6 nitrogen and oxygen atoms in total. The summed E-state index contributed by atoms with van der Waals surface area (Å²) >= 11 is 0. The van der Waals surface area contributed by atoms with E-state index >= 15 is 0 Å². The average molecular weight is 861 g/mol. The summed E-state index contributed by atoms with van der Waals surface area (Å²) in [7, 11) is 0. The second-order valence-electron chi connectivity index (χ2n) is 19.5. The molecule has 0 aliphatic heterocycles. The molecule has 0 atom stereocenters. The van der Waals surface area contributed by atoms with E-state index in [9.17, 15) is 0 Å². The molecule has 0 N–H and O–H groups in total. The summed E-state index contributed by atoms with van der Waals surface area (Å²) in [5, 5.41) is 6.95. The first kappa shape index (κ1) is 39.6. The van der Waals surface area contributed by atoms with Gasteiger partial charge in [0.05, 0.1) is 0 Å². The van der Waals surface area contributed by atoms with Crippen LogP contribution >= 0.6 is 0 Å². The van der Waals surface area contributed by atoms with Crippen LogP contribution in [0.15, 0.2) is 200 Å². The summed E-state index contributed by atoms with van der Waals surface area (Å²) in [6.07, 6.45) is 0. The summed E-state index contributed by atoms with van der Waals surface area (Å²) in [6, 6.07) is 63.3. The quantitative estimate of drug-likeness (QED) is 0.142. The molecule has 0 aliphatic rings. The fraction of sp³-hybridized carbons (Fsp3) is 0.133. The van der Waals surface area contributed by atoms with Gasteiger partial charge in [-0.25, -0.2) is 0 Å². The molecule has 8 aromatic carbocycles. The van der Waals surface area contributed by atoms with Crippen molar-refractivity contribution in [1.82, 2.24) is 0 Å². The summed E-state index contributed by atoms with van der Waals surface area (Å²) in [6.45, 7) is 13.6. The van der Waals surface area contributed by atoms with Crippen molar-refractivity contribution in [2.75, 3.05) is 9.80 Å². The molecule has 4 aromatic heterocycles. The van der Waals surface area contributed by atoms with Gasteiger partial charge >= 0.3 is 0 Å². The third-order valence-electron chi connectivity index (χ3n) is 12.9. The normalized spacial score (nSPS) is 12.4. The number of nitrogens with zero attached hydrogens (tertiary/aromatic N) is 2. The Labute approximate surface area is 383 Å². The largest absolute Gasteiger partial charge is 0.452 e. The van der Waals surface area contributed by atoms with Crippen LogP contribution in [-0.2, 0) is 10.8 Å². The van der Waals surface area contributed by atoms with Gasteiger partial charge in [-0.05, 0) is 127 Å². The molecule has 4 heterocycles. The fourth-order valence-corrected chi connectivity index (χ4v) is 9.53. The van der Waals surface area contributed by atoms with Crippen LogP contribution in [-0.4, -0.2) is 0 Å². The Bertz CT molecular complexity index is 3320. The first-order valence-corrected chi connectivity index (χ1v) is 22.6. The lowest BCUT2D eigenvalue weighted by Crippen LogP contribution is -2.12. The lowest BCUT2D eigenvalue weighted by atomic mass is 9.79. The van der Waals surface area contributed by atoms with Crippen molar-refractivity contribution in [3.8, 4) is 22.6 Å². The molecule has 0 spiro atoms. The molecule has 322 valence electrons. The zero-order valence-electron chi connectivity index (χ0n) is 37.8. The highest BCUT2D eigenvalue weighted by atomic mass is 16.4. The van der Waals surface area contributed by atoms with Gasteiger partial charge in [-0.2, -0.15) is 0 Å². The molecule has 0 aliphatic carbocycles. The van der Waals surface area contributed by atoms with Crippen molar-refractivity contribution in [3.63, 3.8) is 0 Å². The van der Waals surface area contributed by atoms with Gasteiger partial charge in [-0.15, -0.1) is 0 Å². The Kier molecular flexibility index (Phi) is 8.88. The van der Waals surface area contributed by atoms with Gasteiger partial charge in [0.1, 0.15) is 11.5 Å². The predicted octanol–water partition coefficient (Wildman–Crippen LogP) is 18.1. The number of hydrogen-bond donors (Lipinski definition) is 0. The Morgan fingerprint density at radius 3 is 0.955 bits per heavy atom. The maximum atomic E-state index is 6.86. The third kappa shape index (κ3) is 6.63. The maximum absolute atomic E-state index is 6.86. The van der Waals surface area contributed by atoms with Gasteiger partial charge in [0, 0.05) is 58.1 Å². The van der Waals surface area contributed by atoms with Gasteiger partial charge in [0.2, 0.25) is 11.8 Å². The first-order chi connectivity index (χ1) is 31.9. The molecule has 0 unspecified atom stereocenters. The number of anilines is 6. The fourth-order valence-electron chi connectivity index (χ4n) is 9.53. The minimum Gasteiger partial charge on any atom is -0.452 e. The summed E-state index contributed by atoms with van der Waals surface area (Å²) < 4.78 is 27.1. The van der Waals surface area contributed by atoms with E-state index in [1.54, 1.807) is 0 Å². The predicted molar refractivity (Wildman–Crippen MR) is 272 cm³/mol. The van der Waals surface area contributed by atoms with Crippen LogP contribution in [0.2, 0.25) is 0 Å². The van der Waals surface area contributed by atoms with Crippen molar-refractivity contribution in [2.24, 2.45) is 0 Å². The van der Waals surface area contributed by atoms with Gasteiger partial charge in [0.15, 0.2) is 22.3 Å². The molecule has 0 saturated heterocycles. The van der Waals surface area contributed by atoms with E-state index < -0.39 is 0 Å². The summed E-state index contributed by atoms with van der Waals surface area (Å²) in [5.74, 6) is 2.90. The van der Waals surface area contributed by atoms with Crippen molar-refractivity contribution in [3.05, 3.63) is 193 Å². The summed E-state index contributed by atoms with van der Waals surface area (Å²) in [5.41, 5.74) is 11.0. The second-order valence-corrected chi connectivity index (χ2v) is 19.5. The number of benzene rings is 8. The number of furan rings is 4. The van der Waals surface area contributed by atoms with Gasteiger partial charge in [-0.1, -0.05) is 126 Å². The lowest BCUT2D eigenvalue weighted by molar-refractivity contribution is 0.591. The zero-order chi connectivity index (χ0) is 44.9. The van der Waals surface area contributed by atoms with E-state index in [1.807, 2.05) is 84.9 Å². The van der Waals surface area contributed by atoms with Crippen LogP contribution in [0.25, 0.3) is 77.3 Å². The number of rotatable bonds is 8. The van der Waals surface area contributed by atoms with Crippen LogP contribution in [0.5, 0.6) is 0 Å². The highest BCUT2D eigenvalue weighted by Gasteiger charge is 2.28. The zero-order valence-corrected chi connectivity index (χ0v) is 37.8. The second kappa shape index (κ2) is 14.8. The van der Waals surface area contributed by atoms with Crippen LogP contribution in [0.3, 0.4) is 0 Å². The molecule has 6 heteroatoms. The van der Waals surface area contributed by atoms with Gasteiger partial charge in [0.25, 0.3) is 0 Å². The molecule has 0 radical (unpaired) electrons. The Hall–Kier alpha value is -7.96. The van der Waals surface area contributed by atoms with E-state index in [0.717, 1.165) is 66.9 Å². The number of hydrogen-bond acceptors (Lipinski definition) is 6. The SMILES string of the molecule is CC(C)(C)c1cc2cc(-c3cc4oc(N(c5ccccc5)c5ccccc5)cc4o3)c3cc(C(C)(C)C)cc4cc(-c5cc6oc(N(c7ccccc7)c7ccccc7)cc6o5)c(c1)c2c43. The molecule has 66 heavy (non-hydrogen) atoms. The average Bonchev–Trinajstić information content (AvgIpc) is 4.10. The Morgan fingerprint density at radius 2 is 0.652 bits per heavy atom. The minimum atomic E-state index is -0.129. The molecular weight excluding hydrogens is 813 g/mol. The van der Waals surface area contributed by atoms with Crippen LogP contribution in [0.4, 0.5) is 34.5 Å². The molecule has 0 amide bonds. The third-order valence-corrected chi connectivity index (χ3v) is 12.9. The topological polar surface area (TPSA) is 59.0 Å². The molecular formula is C60H48N2O4. The van der Waals surface area contributed by atoms with Crippen molar-refractivity contribution < 1.29 is 17.7 Å². The Balaban J connectivity index is 1.04. The highest BCUT2D eigenvalue weighted by Crippen LogP contribution is 2.50. The van der Waals surface area contributed by atoms with E-state index in [4.69, 9.17) is 17.7 Å². The first-order valence-electron chi connectivity index (χ1n) is 22.6. The van der Waals surface area contributed by atoms with Crippen molar-refractivity contribution in [2.45, 2.75) is 52.4 Å². The number of para-hydroxylation sites is 4. The smallest absolute Gasteiger partial charge is 0.209 e. The maximum Gasteiger partial charge on any atom is 0.209 e. The van der Waals surface area contributed by atoms with E-state index in [1.165, 1.54) is 21.9 Å². The van der Waals surface area contributed by atoms with Crippen LogP contribution in [0, 0.1) is 0 Å². The molecule has 0 bridgehead atoms. The van der Waals surface area contributed by atoms with E-state index in [0.29, 0.717) is 34.1 Å². The van der Waals surface area contributed by atoms with Crippen LogP contribution in [0.1, 0.15) is 52.7 Å². The molecule has 0 saturated carbocycles. The standard InChI is InChI=1S/C60H48N2O4/c1-59(2,3)39-27-37-29-46(50-34-52-54(64-50)36-56(66-52)62(43-23-15-9-16-24-43)44-25-17-10-18-26-44)48-32-40(60(4,5)6)28-38-30-45(47(31-39)57(37)58(38)48)49-33-51-53(63-49)35-55(65-51)61(41-19-11-7-12-20-41)42-21-13-8-14-22-42/h7-36H,1-6H3. The minimum absolute atomic E-state index is 0.129. The van der Waals surface area contributed by atoms with Crippen LogP contribution < -0.4 is 9.80 Å².